The highest BCUT2D eigenvalue weighted by Gasteiger charge is 2.22. The third kappa shape index (κ3) is 5.17. The van der Waals surface area contributed by atoms with E-state index in [4.69, 9.17) is 4.74 Å². The average molecular weight is 362 g/mol. The fourth-order valence-electron chi connectivity index (χ4n) is 3.23. The molecule has 1 aliphatic heterocycles. The molecular weight excluding hydrogens is 334 g/mol. The Balaban J connectivity index is 1.56. The van der Waals surface area contributed by atoms with E-state index in [9.17, 15) is 4.79 Å². The van der Waals surface area contributed by atoms with Gasteiger partial charge in [-0.05, 0) is 35.9 Å². The fraction of sp³-hybridized carbons (Fsp3) is 0.526. The second kappa shape index (κ2) is 8.65. The summed E-state index contributed by atoms with van der Waals surface area (Å²) in [7, 11) is 3.51. The number of likely N-dealkylation sites (N-methyl/N-ethyl adjacent to an activating group) is 1. The number of nitrogens with zero attached hydrogens (tertiary/aromatic N) is 3. The van der Waals surface area contributed by atoms with Crippen LogP contribution in [0.15, 0.2) is 35.8 Å². The minimum atomic E-state index is 0.0212. The van der Waals surface area contributed by atoms with Gasteiger partial charge in [0.1, 0.15) is 6.61 Å². The van der Waals surface area contributed by atoms with Gasteiger partial charge in [0.2, 0.25) is 5.91 Å². The third-order valence-corrected chi connectivity index (χ3v) is 5.50. The highest BCUT2D eigenvalue weighted by molar-refractivity contribution is 7.09. The van der Waals surface area contributed by atoms with Gasteiger partial charge in [-0.3, -0.25) is 9.69 Å². The van der Waals surface area contributed by atoms with Gasteiger partial charge >= 0.3 is 0 Å². The van der Waals surface area contributed by atoms with Crippen molar-refractivity contribution in [3.8, 4) is 0 Å². The summed E-state index contributed by atoms with van der Waals surface area (Å²) in [4.78, 5) is 17.1. The molecule has 0 bridgehead atoms. The molecule has 1 atom stereocenters. The first-order valence-corrected chi connectivity index (χ1v) is 9.66. The largest absolute Gasteiger partial charge is 0.372 e. The molecule has 3 rings (SSSR count). The summed E-state index contributed by atoms with van der Waals surface area (Å²) < 4.78 is 7.96. The number of ether oxygens (including phenoxy) is 1. The lowest BCUT2D eigenvalue weighted by Crippen LogP contribution is -2.29. The Labute approximate surface area is 153 Å². The van der Waals surface area contributed by atoms with Crippen molar-refractivity contribution in [3.05, 3.63) is 46.4 Å². The smallest absolute Gasteiger partial charge is 0.248 e. The summed E-state index contributed by atoms with van der Waals surface area (Å²) in [6, 6.07) is 8.68. The van der Waals surface area contributed by atoms with Crippen LogP contribution >= 0.6 is 11.3 Å². The molecule has 3 heterocycles. The maximum Gasteiger partial charge on any atom is 0.248 e. The SMILES string of the molecule is CN(C)C(=O)COCCC1CN(Cc2cccs2)Cc2cccn2C1. The van der Waals surface area contributed by atoms with Crippen LogP contribution in [-0.2, 0) is 29.2 Å². The van der Waals surface area contributed by atoms with E-state index in [1.54, 1.807) is 19.0 Å². The summed E-state index contributed by atoms with van der Waals surface area (Å²) in [6.07, 6.45) is 3.15. The van der Waals surface area contributed by atoms with Crippen LogP contribution in [0.2, 0.25) is 0 Å². The molecule has 0 spiro atoms. The zero-order valence-electron chi connectivity index (χ0n) is 15.1. The van der Waals surface area contributed by atoms with Gasteiger partial charge in [0.15, 0.2) is 0 Å². The summed E-state index contributed by atoms with van der Waals surface area (Å²) in [5.41, 5.74) is 1.38. The van der Waals surface area contributed by atoms with Crippen molar-refractivity contribution < 1.29 is 9.53 Å². The lowest BCUT2D eigenvalue weighted by atomic mass is 10.1. The standard InChI is InChI=1S/C19H27N3O2S/c1-20(2)19(23)15-24-9-7-16-11-21(14-18-6-4-10-25-18)13-17-5-3-8-22(17)12-16/h3-6,8,10,16H,7,9,11-15H2,1-2H3. The van der Waals surface area contributed by atoms with Gasteiger partial charge in [0.05, 0.1) is 0 Å². The predicted molar refractivity (Wildman–Crippen MR) is 100 cm³/mol. The van der Waals surface area contributed by atoms with Gasteiger partial charge in [-0.15, -0.1) is 11.3 Å². The molecule has 0 aromatic carbocycles. The van der Waals surface area contributed by atoms with E-state index in [-0.39, 0.29) is 12.5 Å². The van der Waals surface area contributed by atoms with Gasteiger partial charge in [0.25, 0.3) is 0 Å². The summed E-state index contributed by atoms with van der Waals surface area (Å²) >= 11 is 1.82. The number of carbonyl (C=O) groups is 1. The Morgan fingerprint density at radius 1 is 1.32 bits per heavy atom. The normalized spacial score (nSPS) is 17.9. The van der Waals surface area contributed by atoms with E-state index >= 15 is 0 Å². The molecule has 2 aromatic rings. The first-order chi connectivity index (χ1) is 12.1. The molecule has 6 heteroatoms. The third-order valence-electron chi connectivity index (χ3n) is 4.63. The minimum Gasteiger partial charge on any atom is -0.372 e. The van der Waals surface area contributed by atoms with Crippen LogP contribution in [0.4, 0.5) is 0 Å². The molecule has 5 nitrogen and oxygen atoms in total. The molecule has 0 aliphatic carbocycles. The Hall–Kier alpha value is -1.63. The van der Waals surface area contributed by atoms with Crippen molar-refractivity contribution in [3.63, 3.8) is 0 Å². The highest BCUT2D eigenvalue weighted by atomic mass is 32.1. The number of hydrogen-bond donors (Lipinski definition) is 0. The number of amides is 1. The van der Waals surface area contributed by atoms with E-state index in [1.807, 2.05) is 11.3 Å². The Morgan fingerprint density at radius 2 is 2.20 bits per heavy atom. The summed E-state index contributed by atoms with van der Waals surface area (Å²) in [5.74, 6) is 0.552. The molecule has 136 valence electrons. The zero-order chi connectivity index (χ0) is 17.6. The number of aromatic nitrogens is 1. The minimum absolute atomic E-state index is 0.0212. The fourth-order valence-corrected chi connectivity index (χ4v) is 3.98. The van der Waals surface area contributed by atoms with Gasteiger partial charge in [-0.25, -0.2) is 0 Å². The molecule has 1 unspecified atom stereocenters. The summed E-state index contributed by atoms with van der Waals surface area (Å²) in [6.45, 7) is 4.88. The lowest BCUT2D eigenvalue weighted by Gasteiger charge is -2.23. The van der Waals surface area contributed by atoms with Crippen molar-refractivity contribution in [2.75, 3.05) is 33.9 Å². The Morgan fingerprint density at radius 3 is 2.96 bits per heavy atom. The zero-order valence-corrected chi connectivity index (χ0v) is 15.9. The molecule has 0 fully saturated rings. The Bertz CT molecular complexity index is 666. The number of fused-ring (bicyclic) bond motifs is 1. The quantitative estimate of drug-likeness (QED) is 0.712. The predicted octanol–water partition coefficient (Wildman–Crippen LogP) is 2.68. The maximum atomic E-state index is 11.6. The molecule has 0 radical (unpaired) electrons. The van der Waals surface area contributed by atoms with Crippen LogP contribution in [0.3, 0.4) is 0 Å². The molecular formula is C19H27N3O2S. The van der Waals surface area contributed by atoms with Crippen LogP contribution < -0.4 is 0 Å². The van der Waals surface area contributed by atoms with Crippen LogP contribution in [-0.4, -0.2) is 54.1 Å². The molecule has 1 amide bonds. The number of rotatable bonds is 7. The van der Waals surface area contributed by atoms with Crippen molar-refractivity contribution in [2.24, 2.45) is 5.92 Å². The Kier molecular flexibility index (Phi) is 6.29. The maximum absolute atomic E-state index is 11.6. The van der Waals surface area contributed by atoms with Crippen molar-refractivity contribution in [1.82, 2.24) is 14.4 Å². The lowest BCUT2D eigenvalue weighted by molar-refractivity contribution is -0.133. The van der Waals surface area contributed by atoms with Crippen molar-refractivity contribution in [1.29, 1.82) is 0 Å². The van der Waals surface area contributed by atoms with Crippen molar-refractivity contribution >= 4 is 17.2 Å². The number of carbonyl (C=O) groups excluding carboxylic acids is 1. The molecule has 0 saturated carbocycles. The topological polar surface area (TPSA) is 37.7 Å². The van der Waals surface area contributed by atoms with Crippen LogP contribution in [0.25, 0.3) is 0 Å². The van der Waals surface area contributed by atoms with Gasteiger partial charge in [-0.2, -0.15) is 0 Å². The molecule has 2 aromatic heterocycles. The van der Waals surface area contributed by atoms with Crippen LogP contribution in [0.1, 0.15) is 17.0 Å². The first-order valence-electron chi connectivity index (χ1n) is 8.78. The highest BCUT2D eigenvalue weighted by Crippen LogP contribution is 2.22. The number of hydrogen-bond acceptors (Lipinski definition) is 4. The molecule has 1 aliphatic rings. The second-order valence-corrected chi connectivity index (χ2v) is 7.93. The van der Waals surface area contributed by atoms with Gasteiger partial charge in [-0.1, -0.05) is 6.07 Å². The molecule has 0 N–H and O–H groups in total. The number of thiophene rings is 1. The van der Waals surface area contributed by atoms with E-state index in [0.29, 0.717) is 12.5 Å². The van der Waals surface area contributed by atoms with E-state index < -0.39 is 0 Å². The van der Waals surface area contributed by atoms with E-state index in [1.165, 1.54) is 10.6 Å². The summed E-state index contributed by atoms with van der Waals surface area (Å²) in [5, 5.41) is 2.14. The first kappa shape index (κ1) is 18.2. The van der Waals surface area contributed by atoms with Gasteiger partial charge < -0.3 is 14.2 Å². The van der Waals surface area contributed by atoms with Crippen LogP contribution in [0.5, 0.6) is 0 Å². The molecule has 25 heavy (non-hydrogen) atoms. The average Bonchev–Trinajstić information content (AvgIpc) is 3.20. The van der Waals surface area contributed by atoms with E-state index in [2.05, 4.69) is 45.3 Å². The van der Waals surface area contributed by atoms with Crippen LogP contribution in [0, 0.1) is 5.92 Å². The molecule has 0 saturated heterocycles. The van der Waals surface area contributed by atoms with Crippen molar-refractivity contribution in [2.45, 2.75) is 26.1 Å². The van der Waals surface area contributed by atoms with Gasteiger partial charge in [0, 0.05) is 63.6 Å². The monoisotopic (exact) mass is 361 g/mol. The second-order valence-electron chi connectivity index (χ2n) is 6.90. The van der Waals surface area contributed by atoms with E-state index in [0.717, 1.165) is 32.6 Å².